The summed E-state index contributed by atoms with van der Waals surface area (Å²) in [5, 5.41) is 0. The van der Waals surface area contributed by atoms with Crippen molar-refractivity contribution in [3.05, 3.63) is 29.3 Å². The van der Waals surface area contributed by atoms with E-state index in [9.17, 15) is 0 Å². The summed E-state index contributed by atoms with van der Waals surface area (Å²) >= 11 is 0. The average Bonchev–Trinajstić information content (AvgIpc) is 2.60. The van der Waals surface area contributed by atoms with Gasteiger partial charge in [0.15, 0.2) is 0 Å². The molecule has 0 radical (unpaired) electrons. The zero-order valence-electron chi connectivity index (χ0n) is 8.38. The fourth-order valence-corrected chi connectivity index (χ4v) is 2.14. The lowest BCUT2D eigenvalue weighted by molar-refractivity contribution is -0.0500. The SMILES string of the molecule is CC1(c2ccc3c(c2)CCO3)COC1. The van der Waals surface area contributed by atoms with Crippen LogP contribution in [0, 0.1) is 0 Å². The molecule has 0 spiro atoms. The molecule has 2 heterocycles. The van der Waals surface area contributed by atoms with Gasteiger partial charge in [-0.25, -0.2) is 0 Å². The van der Waals surface area contributed by atoms with Crippen molar-refractivity contribution in [1.29, 1.82) is 0 Å². The van der Waals surface area contributed by atoms with Crippen LogP contribution in [0.4, 0.5) is 0 Å². The first-order chi connectivity index (χ1) is 6.78. The topological polar surface area (TPSA) is 18.5 Å². The first-order valence-electron chi connectivity index (χ1n) is 5.12. The summed E-state index contributed by atoms with van der Waals surface area (Å²) in [4.78, 5) is 0. The van der Waals surface area contributed by atoms with Gasteiger partial charge in [0.05, 0.1) is 19.8 Å². The lowest BCUT2D eigenvalue weighted by atomic mass is 9.80. The maximum absolute atomic E-state index is 5.49. The van der Waals surface area contributed by atoms with E-state index in [2.05, 4.69) is 25.1 Å². The Balaban J connectivity index is 2.00. The van der Waals surface area contributed by atoms with E-state index in [0.29, 0.717) is 0 Å². The third kappa shape index (κ3) is 1.07. The van der Waals surface area contributed by atoms with Gasteiger partial charge in [0.1, 0.15) is 5.75 Å². The van der Waals surface area contributed by atoms with Crippen LogP contribution in [0.25, 0.3) is 0 Å². The molecule has 1 fully saturated rings. The molecule has 0 unspecified atom stereocenters. The van der Waals surface area contributed by atoms with Crippen molar-refractivity contribution in [2.75, 3.05) is 19.8 Å². The van der Waals surface area contributed by atoms with Gasteiger partial charge >= 0.3 is 0 Å². The van der Waals surface area contributed by atoms with E-state index < -0.39 is 0 Å². The number of hydrogen-bond acceptors (Lipinski definition) is 2. The quantitative estimate of drug-likeness (QED) is 0.673. The Morgan fingerprint density at radius 2 is 2.14 bits per heavy atom. The van der Waals surface area contributed by atoms with Crippen molar-refractivity contribution < 1.29 is 9.47 Å². The van der Waals surface area contributed by atoms with Crippen molar-refractivity contribution in [1.82, 2.24) is 0 Å². The Bertz CT molecular complexity index is 367. The molecular weight excluding hydrogens is 176 g/mol. The van der Waals surface area contributed by atoms with Crippen molar-refractivity contribution in [2.45, 2.75) is 18.8 Å². The summed E-state index contributed by atoms with van der Waals surface area (Å²) in [6.45, 7) is 4.80. The van der Waals surface area contributed by atoms with E-state index in [1.807, 2.05) is 0 Å². The molecule has 2 heteroatoms. The minimum Gasteiger partial charge on any atom is -0.493 e. The number of fused-ring (bicyclic) bond motifs is 1. The smallest absolute Gasteiger partial charge is 0.122 e. The third-order valence-corrected chi connectivity index (χ3v) is 3.23. The molecule has 0 saturated carbocycles. The lowest BCUT2D eigenvalue weighted by Crippen LogP contribution is -2.43. The summed E-state index contributed by atoms with van der Waals surface area (Å²) < 4.78 is 10.8. The minimum atomic E-state index is 0.248. The third-order valence-electron chi connectivity index (χ3n) is 3.23. The van der Waals surface area contributed by atoms with E-state index in [1.165, 1.54) is 11.1 Å². The van der Waals surface area contributed by atoms with Gasteiger partial charge in [-0.05, 0) is 17.2 Å². The number of rotatable bonds is 1. The minimum absolute atomic E-state index is 0.248. The van der Waals surface area contributed by atoms with E-state index in [-0.39, 0.29) is 5.41 Å². The van der Waals surface area contributed by atoms with E-state index in [1.54, 1.807) is 0 Å². The Kier molecular flexibility index (Phi) is 1.62. The molecule has 0 N–H and O–H groups in total. The fraction of sp³-hybridized carbons (Fsp3) is 0.500. The number of hydrogen-bond donors (Lipinski definition) is 0. The molecule has 0 bridgehead atoms. The molecule has 0 aliphatic carbocycles. The molecule has 2 aliphatic rings. The first-order valence-corrected chi connectivity index (χ1v) is 5.12. The van der Waals surface area contributed by atoms with Crippen LogP contribution < -0.4 is 4.74 Å². The first kappa shape index (κ1) is 8.30. The molecule has 1 saturated heterocycles. The van der Waals surface area contributed by atoms with Crippen LogP contribution in [0.5, 0.6) is 5.75 Å². The highest BCUT2D eigenvalue weighted by molar-refractivity contribution is 5.42. The largest absolute Gasteiger partial charge is 0.493 e. The second-order valence-electron chi connectivity index (χ2n) is 4.47. The lowest BCUT2D eigenvalue weighted by Gasteiger charge is -2.38. The van der Waals surface area contributed by atoms with Gasteiger partial charge in [-0.2, -0.15) is 0 Å². The monoisotopic (exact) mass is 190 g/mol. The number of ether oxygens (including phenoxy) is 2. The van der Waals surface area contributed by atoms with Crippen LogP contribution in [-0.4, -0.2) is 19.8 Å². The van der Waals surface area contributed by atoms with Crippen LogP contribution in [0.2, 0.25) is 0 Å². The molecule has 14 heavy (non-hydrogen) atoms. The zero-order valence-corrected chi connectivity index (χ0v) is 8.38. The summed E-state index contributed by atoms with van der Waals surface area (Å²) in [5.41, 5.74) is 3.00. The second kappa shape index (κ2) is 2.74. The highest BCUT2D eigenvalue weighted by Gasteiger charge is 2.35. The van der Waals surface area contributed by atoms with Crippen molar-refractivity contribution in [2.24, 2.45) is 0 Å². The second-order valence-corrected chi connectivity index (χ2v) is 4.47. The van der Waals surface area contributed by atoms with Crippen molar-refractivity contribution >= 4 is 0 Å². The summed E-state index contributed by atoms with van der Waals surface area (Å²) in [7, 11) is 0. The summed E-state index contributed by atoms with van der Waals surface area (Å²) in [6.07, 6.45) is 1.06. The van der Waals surface area contributed by atoms with Crippen molar-refractivity contribution in [3.8, 4) is 5.75 Å². The normalized spacial score (nSPS) is 22.4. The Labute approximate surface area is 83.8 Å². The maximum Gasteiger partial charge on any atom is 0.122 e. The highest BCUT2D eigenvalue weighted by atomic mass is 16.5. The predicted octanol–water partition coefficient (Wildman–Crippen LogP) is 1.91. The standard InChI is InChI=1S/C12H14O2/c1-12(7-13-8-12)10-2-3-11-9(6-10)4-5-14-11/h2-3,6H,4-5,7-8H2,1H3. The molecule has 0 aromatic heterocycles. The average molecular weight is 190 g/mol. The Morgan fingerprint density at radius 1 is 1.29 bits per heavy atom. The van der Waals surface area contributed by atoms with E-state index >= 15 is 0 Å². The van der Waals surface area contributed by atoms with Crippen LogP contribution in [0.1, 0.15) is 18.1 Å². The molecule has 2 nitrogen and oxygen atoms in total. The fourth-order valence-electron chi connectivity index (χ4n) is 2.14. The maximum atomic E-state index is 5.49. The van der Waals surface area contributed by atoms with Gasteiger partial charge in [-0.1, -0.05) is 19.1 Å². The van der Waals surface area contributed by atoms with Crippen LogP contribution in [-0.2, 0) is 16.6 Å². The zero-order chi connectivity index (χ0) is 9.60. The molecular formula is C12H14O2. The molecule has 0 atom stereocenters. The van der Waals surface area contributed by atoms with E-state index in [4.69, 9.17) is 9.47 Å². The molecule has 1 aromatic rings. The van der Waals surface area contributed by atoms with Crippen LogP contribution in [0.15, 0.2) is 18.2 Å². The molecule has 3 rings (SSSR count). The van der Waals surface area contributed by atoms with E-state index in [0.717, 1.165) is 32.0 Å². The molecule has 0 amide bonds. The van der Waals surface area contributed by atoms with Crippen LogP contribution >= 0.6 is 0 Å². The molecule has 2 aliphatic heterocycles. The predicted molar refractivity (Wildman–Crippen MR) is 53.8 cm³/mol. The number of benzene rings is 1. The molecule has 1 aromatic carbocycles. The highest BCUT2D eigenvalue weighted by Crippen LogP contribution is 2.35. The van der Waals surface area contributed by atoms with Gasteiger partial charge in [-0.15, -0.1) is 0 Å². The van der Waals surface area contributed by atoms with Crippen molar-refractivity contribution in [3.63, 3.8) is 0 Å². The molecule has 74 valence electrons. The van der Waals surface area contributed by atoms with Crippen LogP contribution in [0.3, 0.4) is 0 Å². The van der Waals surface area contributed by atoms with Gasteiger partial charge in [0.25, 0.3) is 0 Å². The van der Waals surface area contributed by atoms with Gasteiger partial charge < -0.3 is 9.47 Å². The summed E-state index contributed by atoms with van der Waals surface area (Å²) in [6, 6.07) is 6.55. The van der Waals surface area contributed by atoms with Gasteiger partial charge in [0, 0.05) is 11.8 Å². The summed E-state index contributed by atoms with van der Waals surface area (Å²) in [5.74, 6) is 1.07. The van der Waals surface area contributed by atoms with Gasteiger partial charge in [-0.3, -0.25) is 0 Å². The van der Waals surface area contributed by atoms with Gasteiger partial charge in [0.2, 0.25) is 0 Å². The Morgan fingerprint density at radius 3 is 2.86 bits per heavy atom. The Hall–Kier alpha value is -1.02.